The number of halogens is 2. The Bertz CT molecular complexity index is 252. The van der Waals surface area contributed by atoms with E-state index in [2.05, 4.69) is 39.9 Å². The van der Waals surface area contributed by atoms with Gasteiger partial charge in [-0.2, -0.15) is 0 Å². The Kier molecular flexibility index (Phi) is 6.94. The minimum atomic E-state index is -2.51. The van der Waals surface area contributed by atoms with Gasteiger partial charge in [0, 0.05) is 24.4 Å². The second-order valence-corrected chi connectivity index (χ2v) is 7.89. The van der Waals surface area contributed by atoms with E-state index in [9.17, 15) is 8.78 Å². The molecule has 0 atom stereocenters. The lowest BCUT2D eigenvalue weighted by Gasteiger charge is -2.31. The summed E-state index contributed by atoms with van der Waals surface area (Å²) < 4.78 is 26.9. The van der Waals surface area contributed by atoms with Crippen LogP contribution < -0.4 is 5.32 Å². The van der Waals surface area contributed by atoms with Gasteiger partial charge in [-0.3, -0.25) is 0 Å². The molecule has 1 N–H and O–H groups in total. The maximum Gasteiger partial charge on any atom is 0.250 e. The van der Waals surface area contributed by atoms with Crippen molar-refractivity contribution in [3.63, 3.8) is 0 Å². The average Bonchev–Trinajstić information content (AvgIpc) is 2.21. The topological polar surface area (TPSA) is 12.0 Å². The summed E-state index contributed by atoms with van der Waals surface area (Å²) >= 11 is 0. The largest absolute Gasteiger partial charge is 0.312 e. The van der Waals surface area contributed by atoms with Crippen molar-refractivity contribution in [1.29, 1.82) is 0 Å². The molecular formula is C16H33F2N. The van der Waals surface area contributed by atoms with E-state index < -0.39 is 11.8 Å². The van der Waals surface area contributed by atoms with Crippen LogP contribution >= 0.6 is 0 Å². The van der Waals surface area contributed by atoms with Gasteiger partial charge < -0.3 is 5.32 Å². The van der Waals surface area contributed by atoms with Gasteiger partial charge in [0.15, 0.2) is 0 Å². The second kappa shape index (κ2) is 7.01. The molecule has 0 unspecified atom stereocenters. The molecule has 0 heterocycles. The maximum atomic E-state index is 13.5. The number of unbranched alkanes of at least 4 members (excludes halogenated alkanes) is 1. The van der Waals surface area contributed by atoms with E-state index in [0.29, 0.717) is 6.42 Å². The van der Waals surface area contributed by atoms with E-state index in [1.54, 1.807) is 13.8 Å². The first-order valence-electron chi connectivity index (χ1n) is 7.49. The lowest BCUT2D eigenvalue weighted by atomic mass is 9.85. The molecule has 0 aromatic rings. The van der Waals surface area contributed by atoms with Crippen molar-refractivity contribution in [1.82, 2.24) is 5.32 Å². The summed E-state index contributed by atoms with van der Waals surface area (Å²) in [5.74, 6) is -3.06. The smallest absolute Gasteiger partial charge is 0.250 e. The highest BCUT2D eigenvalue weighted by Crippen LogP contribution is 2.31. The minimum Gasteiger partial charge on any atom is -0.312 e. The Labute approximate surface area is 118 Å². The van der Waals surface area contributed by atoms with Crippen molar-refractivity contribution in [3.8, 4) is 0 Å². The Morgan fingerprint density at radius 1 is 0.895 bits per heavy atom. The van der Waals surface area contributed by atoms with Crippen molar-refractivity contribution in [2.45, 2.75) is 85.6 Å². The molecule has 0 aromatic carbocycles. The van der Waals surface area contributed by atoms with Crippen molar-refractivity contribution >= 4 is 0 Å². The van der Waals surface area contributed by atoms with Gasteiger partial charge >= 0.3 is 0 Å². The third-order valence-corrected chi connectivity index (χ3v) is 3.56. The van der Waals surface area contributed by atoms with Gasteiger partial charge in [0.2, 0.25) is 5.92 Å². The average molecular weight is 277 g/mol. The Hall–Kier alpha value is -0.180. The molecule has 0 saturated carbocycles. The fourth-order valence-electron chi connectivity index (χ4n) is 1.85. The molecule has 0 rings (SSSR count). The summed E-state index contributed by atoms with van der Waals surface area (Å²) in [5.41, 5.74) is 0.280. The molecule has 0 radical (unpaired) electrons. The van der Waals surface area contributed by atoms with Gasteiger partial charge in [-0.25, -0.2) is 8.78 Å². The van der Waals surface area contributed by atoms with E-state index in [-0.39, 0.29) is 17.4 Å². The number of rotatable bonds is 8. The van der Waals surface area contributed by atoms with Gasteiger partial charge in [-0.05, 0) is 39.0 Å². The molecule has 0 aliphatic carbocycles. The third kappa shape index (κ3) is 9.37. The van der Waals surface area contributed by atoms with Crippen LogP contribution in [0.15, 0.2) is 0 Å². The van der Waals surface area contributed by atoms with Crippen LogP contribution in [-0.2, 0) is 0 Å². The van der Waals surface area contributed by atoms with Crippen LogP contribution in [0.25, 0.3) is 0 Å². The highest BCUT2D eigenvalue weighted by Gasteiger charge is 2.32. The Morgan fingerprint density at radius 3 is 1.79 bits per heavy atom. The molecule has 0 spiro atoms. The predicted octanol–water partition coefficient (Wildman–Crippen LogP) is 5.25. The summed E-state index contributed by atoms with van der Waals surface area (Å²) in [7, 11) is 0. The molecule has 0 aliphatic rings. The fourth-order valence-corrected chi connectivity index (χ4v) is 1.85. The van der Waals surface area contributed by atoms with Gasteiger partial charge in [0.25, 0.3) is 0 Å². The van der Waals surface area contributed by atoms with E-state index in [0.717, 1.165) is 19.4 Å². The van der Waals surface area contributed by atoms with Crippen LogP contribution in [0.2, 0.25) is 0 Å². The molecule has 116 valence electrons. The maximum absolute atomic E-state index is 13.5. The van der Waals surface area contributed by atoms with Crippen LogP contribution in [0.3, 0.4) is 0 Å². The number of alkyl halides is 2. The van der Waals surface area contributed by atoms with Crippen LogP contribution in [-0.4, -0.2) is 18.0 Å². The fraction of sp³-hybridized carbons (Fsp3) is 1.00. The van der Waals surface area contributed by atoms with Gasteiger partial charge in [0.05, 0.1) is 0 Å². The summed E-state index contributed by atoms with van der Waals surface area (Å²) in [4.78, 5) is 0. The number of nitrogens with one attached hydrogen (secondary N) is 1. The zero-order valence-electron chi connectivity index (χ0n) is 13.9. The summed E-state index contributed by atoms with van der Waals surface area (Å²) in [6.45, 7) is 15.0. The molecular weight excluding hydrogens is 244 g/mol. The molecule has 1 nitrogen and oxygen atoms in total. The van der Waals surface area contributed by atoms with E-state index in [1.165, 1.54) is 0 Å². The second-order valence-electron chi connectivity index (χ2n) is 7.89. The zero-order chi connectivity index (χ0) is 15.3. The predicted molar refractivity (Wildman–Crippen MR) is 79.8 cm³/mol. The molecule has 0 fully saturated rings. The lowest BCUT2D eigenvalue weighted by molar-refractivity contribution is -0.0544. The van der Waals surface area contributed by atoms with Crippen LogP contribution in [0.4, 0.5) is 8.78 Å². The molecule has 0 aromatic heterocycles. The van der Waals surface area contributed by atoms with E-state index in [4.69, 9.17) is 0 Å². The standard InChI is InChI=1S/C16H33F2N/c1-13(2)16(17,18)11-9-8-10-15(6,7)12-19-14(3,4)5/h13,19H,8-12H2,1-7H3. The van der Waals surface area contributed by atoms with Crippen LogP contribution in [0, 0.1) is 11.3 Å². The SMILES string of the molecule is CC(C)C(F)(F)CCCCC(C)(C)CNC(C)(C)C. The zero-order valence-corrected chi connectivity index (χ0v) is 13.9. The quantitative estimate of drug-likeness (QED) is 0.597. The monoisotopic (exact) mass is 277 g/mol. The van der Waals surface area contributed by atoms with E-state index in [1.807, 2.05) is 0 Å². The van der Waals surface area contributed by atoms with E-state index >= 15 is 0 Å². The van der Waals surface area contributed by atoms with Gasteiger partial charge in [-0.15, -0.1) is 0 Å². The summed E-state index contributed by atoms with van der Waals surface area (Å²) in [6, 6.07) is 0. The first-order valence-corrected chi connectivity index (χ1v) is 7.49. The first kappa shape index (κ1) is 18.8. The first-order chi connectivity index (χ1) is 8.36. The molecule has 19 heavy (non-hydrogen) atoms. The summed E-state index contributed by atoms with van der Waals surface area (Å²) in [5, 5.41) is 3.49. The lowest BCUT2D eigenvalue weighted by Crippen LogP contribution is -2.41. The normalized spacial score (nSPS) is 14.2. The summed E-state index contributed by atoms with van der Waals surface area (Å²) in [6.07, 6.45) is 2.50. The molecule has 3 heteroatoms. The molecule has 0 bridgehead atoms. The highest BCUT2D eigenvalue weighted by atomic mass is 19.3. The third-order valence-electron chi connectivity index (χ3n) is 3.56. The van der Waals surface area contributed by atoms with Crippen molar-refractivity contribution in [2.24, 2.45) is 11.3 Å². The highest BCUT2D eigenvalue weighted by molar-refractivity contribution is 4.78. The molecule has 0 saturated heterocycles. The van der Waals surface area contributed by atoms with Crippen LogP contribution in [0.1, 0.15) is 74.1 Å². The molecule has 0 amide bonds. The van der Waals surface area contributed by atoms with Crippen molar-refractivity contribution in [3.05, 3.63) is 0 Å². The Morgan fingerprint density at radius 2 is 1.37 bits per heavy atom. The minimum absolute atomic E-state index is 0.0213. The van der Waals surface area contributed by atoms with Crippen molar-refractivity contribution < 1.29 is 8.78 Å². The van der Waals surface area contributed by atoms with Gasteiger partial charge in [0.1, 0.15) is 0 Å². The number of hydrogen-bond donors (Lipinski definition) is 1. The Balaban J connectivity index is 3.93. The van der Waals surface area contributed by atoms with Crippen molar-refractivity contribution in [2.75, 3.05) is 6.54 Å². The van der Waals surface area contributed by atoms with Crippen LogP contribution in [0.5, 0.6) is 0 Å². The van der Waals surface area contributed by atoms with Gasteiger partial charge in [-0.1, -0.05) is 34.1 Å². The number of hydrogen-bond acceptors (Lipinski definition) is 1. The molecule has 0 aliphatic heterocycles.